The Balaban J connectivity index is 2.15. The number of nitrogen functional groups attached to an aromatic ring is 1. The highest BCUT2D eigenvalue weighted by molar-refractivity contribution is 5.25. The lowest BCUT2D eigenvalue weighted by molar-refractivity contribution is 0.0172. The molecule has 3 N–H and O–H groups in total. The van der Waals surface area contributed by atoms with Crippen molar-refractivity contribution in [3.63, 3.8) is 0 Å². The molecule has 0 radical (unpaired) electrons. The number of nitrogens with one attached hydrogen (secondary N) is 1. The zero-order chi connectivity index (χ0) is 15.3. The van der Waals surface area contributed by atoms with Crippen molar-refractivity contribution in [2.45, 2.75) is 0 Å². The number of ether oxygens (including phenoxy) is 5. The van der Waals surface area contributed by atoms with Crippen LogP contribution in [-0.2, 0) is 14.2 Å². The maximum absolute atomic E-state index is 5.32. The minimum atomic E-state index is 0.106. The summed E-state index contributed by atoms with van der Waals surface area (Å²) in [7, 11) is 3.06. The smallest absolute Gasteiger partial charge is 0.324 e. The zero-order valence-electron chi connectivity index (χ0n) is 12.2. The SMILES string of the molecule is COCCOCCOCCOc1nc(NN)nc(OC)n1. The van der Waals surface area contributed by atoms with Gasteiger partial charge in [0.2, 0.25) is 5.95 Å². The summed E-state index contributed by atoms with van der Waals surface area (Å²) in [6.45, 7) is 2.77. The van der Waals surface area contributed by atoms with E-state index in [-0.39, 0.29) is 24.6 Å². The number of rotatable bonds is 12. The highest BCUT2D eigenvalue weighted by Crippen LogP contribution is 2.11. The van der Waals surface area contributed by atoms with Crippen LogP contribution in [0.1, 0.15) is 0 Å². The average molecular weight is 303 g/mol. The number of methoxy groups -OCH3 is 2. The van der Waals surface area contributed by atoms with Crippen LogP contribution in [-0.4, -0.2) is 68.8 Å². The van der Waals surface area contributed by atoms with Gasteiger partial charge in [0.05, 0.1) is 40.1 Å². The lowest BCUT2D eigenvalue weighted by Crippen LogP contribution is -2.15. The van der Waals surface area contributed by atoms with Crippen molar-refractivity contribution in [2.24, 2.45) is 5.84 Å². The van der Waals surface area contributed by atoms with Crippen LogP contribution in [0.2, 0.25) is 0 Å². The Bertz CT molecular complexity index is 373. The van der Waals surface area contributed by atoms with Crippen LogP contribution in [0.5, 0.6) is 12.0 Å². The molecule has 0 atom stereocenters. The Morgan fingerprint density at radius 2 is 1.48 bits per heavy atom. The van der Waals surface area contributed by atoms with Gasteiger partial charge in [-0.1, -0.05) is 0 Å². The van der Waals surface area contributed by atoms with Crippen molar-refractivity contribution in [1.82, 2.24) is 15.0 Å². The Labute approximate surface area is 122 Å². The average Bonchev–Trinajstić information content (AvgIpc) is 2.52. The van der Waals surface area contributed by atoms with Crippen LogP contribution in [0.15, 0.2) is 0 Å². The normalized spacial score (nSPS) is 10.4. The first-order valence-electron chi connectivity index (χ1n) is 6.34. The minimum absolute atomic E-state index is 0.106. The Hall–Kier alpha value is -1.75. The molecule has 0 bridgehead atoms. The van der Waals surface area contributed by atoms with Gasteiger partial charge in [-0.05, 0) is 0 Å². The molecule has 21 heavy (non-hydrogen) atoms. The number of nitrogens with zero attached hydrogens (tertiary/aromatic N) is 3. The second kappa shape index (κ2) is 11.0. The van der Waals surface area contributed by atoms with Gasteiger partial charge in [-0.2, -0.15) is 9.97 Å². The van der Waals surface area contributed by atoms with Gasteiger partial charge in [-0.15, -0.1) is 4.98 Å². The lowest BCUT2D eigenvalue weighted by atomic mass is 10.7. The first kappa shape index (κ1) is 17.3. The number of anilines is 1. The van der Waals surface area contributed by atoms with E-state index in [0.29, 0.717) is 33.0 Å². The molecule has 0 amide bonds. The molecule has 1 aromatic rings. The summed E-state index contributed by atoms with van der Waals surface area (Å²) in [6, 6.07) is 0.218. The lowest BCUT2D eigenvalue weighted by Gasteiger charge is -2.08. The fourth-order valence-electron chi connectivity index (χ4n) is 1.21. The summed E-state index contributed by atoms with van der Waals surface area (Å²) >= 11 is 0. The van der Waals surface area contributed by atoms with Gasteiger partial charge in [0.1, 0.15) is 6.61 Å². The van der Waals surface area contributed by atoms with Gasteiger partial charge >= 0.3 is 12.0 Å². The van der Waals surface area contributed by atoms with E-state index in [4.69, 9.17) is 29.5 Å². The molecule has 0 saturated heterocycles. The van der Waals surface area contributed by atoms with Gasteiger partial charge in [0.25, 0.3) is 0 Å². The molecule has 1 heterocycles. The fourth-order valence-corrected chi connectivity index (χ4v) is 1.21. The van der Waals surface area contributed by atoms with E-state index in [1.807, 2.05) is 0 Å². The van der Waals surface area contributed by atoms with Gasteiger partial charge in [-0.3, -0.25) is 5.43 Å². The topological polar surface area (TPSA) is 123 Å². The van der Waals surface area contributed by atoms with Crippen molar-refractivity contribution in [3.05, 3.63) is 0 Å². The molecule has 0 aromatic carbocycles. The van der Waals surface area contributed by atoms with Crippen LogP contribution in [0.4, 0.5) is 5.95 Å². The van der Waals surface area contributed by atoms with Crippen molar-refractivity contribution in [3.8, 4) is 12.0 Å². The highest BCUT2D eigenvalue weighted by atomic mass is 16.6. The number of nitrogens with two attached hydrogens (primary N) is 1. The summed E-state index contributed by atoms with van der Waals surface area (Å²) < 4.78 is 25.6. The van der Waals surface area contributed by atoms with Gasteiger partial charge in [-0.25, -0.2) is 5.84 Å². The molecule has 10 heteroatoms. The summed E-state index contributed by atoms with van der Waals surface area (Å²) in [4.78, 5) is 11.7. The predicted molar refractivity (Wildman–Crippen MR) is 73.2 cm³/mol. The van der Waals surface area contributed by atoms with E-state index in [1.54, 1.807) is 7.11 Å². The minimum Gasteiger partial charge on any atom is -0.467 e. The summed E-state index contributed by atoms with van der Waals surface area (Å²) in [6.07, 6.45) is 0. The molecular formula is C11H21N5O5. The summed E-state index contributed by atoms with van der Waals surface area (Å²) in [5.41, 5.74) is 2.30. The van der Waals surface area contributed by atoms with Gasteiger partial charge < -0.3 is 23.7 Å². The van der Waals surface area contributed by atoms with E-state index in [9.17, 15) is 0 Å². The van der Waals surface area contributed by atoms with Crippen LogP contribution in [0.3, 0.4) is 0 Å². The van der Waals surface area contributed by atoms with E-state index in [2.05, 4.69) is 20.4 Å². The largest absolute Gasteiger partial charge is 0.467 e. The molecule has 0 aliphatic rings. The molecular weight excluding hydrogens is 282 g/mol. The summed E-state index contributed by atoms with van der Waals surface area (Å²) in [5, 5.41) is 0. The van der Waals surface area contributed by atoms with Gasteiger partial charge in [0.15, 0.2) is 0 Å². The monoisotopic (exact) mass is 303 g/mol. The van der Waals surface area contributed by atoms with Crippen LogP contribution >= 0.6 is 0 Å². The molecule has 0 aliphatic heterocycles. The third-order valence-electron chi connectivity index (χ3n) is 2.17. The Morgan fingerprint density at radius 3 is 2.10 bits per heavy atom. The van der Waals surface area contributed by atoms with Crippen LogP contribution in [0.25, 0.3) is 0 Å². The first-order chi connectivity index (χ1) is 10.3. The molecule has 0 spiro atoms. The maximum Gasteiger partial charge on any atom is 0.324 e. The summed E-state index contributed by atoms with van der Waals surface area (Å²) in [5.74, 6) is 5.38. The number of hydrogen-bond donors (Lipinski definition) is 2. The Morgan fingerprint density at radius 1 is 0.857 bits per heavy atom. The first-order valence-corrected chi connectivity index (χ1v) is 6.34. The predicted octanol–water partition coefficient (Wildman–Crippen LogP) is -0.776. The third kappa shape index (κ3) is 7.56. The van der Waals surface area contributed by atoms with Crippen molar-refractivity contribution >= 4 is 5.95 Å². The molecule has 0 unspecified atom stereocenters. The van der Waals surface area contributed by atoms with E-state index in [0.717, 1.165) is 0 Å². The Kier molecular flexibility index (Phi) is 9.04. The molecule has 0 fully saturated rings. The standard InChI is InChI=1S/C11H21N5O5/c1-17-3-4-19-5-6-20-7-8-21-11-14-9(16-12)13-10(15-11)18-2/h3-8,12H2,1-2H3,(H,13,14,15,16). The van der Waals surface area contributed by atoms with Crippen molar-refractivity contribution in [1.29, 1.82) is 0 Å². The molecule has 120 valence electrons. The maximum atomic E-state index is 5.32. The second-order valence-corrected chi connectivity index (χ2v) is 3.64. The number of hydrazine groups is 1. The fraction of sp³-hybridized carbons (Fsp3) is 0.727. The second-order valence-electron chi connectivity index (χ2n) is 3.64. The quantitative estimate of drug-likeness (QED) is 0.289. The van der Waals surface area contributed by atoms with Crippen molar-refractivity contribution in [2.75, 3.05) is 59.3 Å². The zero-order valence-corrected chi connectivity index (χ0v) is 12.2. The number of aromatic nitrogens is 3. The van der Waals surface area contributed by atoms with Crippen LogP contribution in [0, 0.1) is 0 Å². The third-order valence-corrected chi connectivity index (χ3v) is 2.17. The van der Waals surface area contributed by atoms with E-state index >= 15 is 0 Å². The number of hydrogen-bond acceptors (Lipinski definition) is 10. The van der Waals surface area contributed by atoms with Crippen LogP contribution < -0.4 is 20.7 Å². The molecule has 0 saturated carbocycles. The van der Waals surface area contributed by atoms with Crippen molar-refractivity contribution < 1.29 is 23.7 Å². The molecule has 1 aromatic heterocycles. The van der Waals surface area contributed by atoms with E-state index < -0.39 is 0 Å². The molecule has 0 aliphatic carbocycles. The highest BCUT2D eigenvalue weighted by Gasteiger charge is 2.06. The molecule has 1 rings (SSSR count). The van der Waals surface area contributed by atoms with Gasteiger partial charge in [0, 0.05) is 7.11 Å². The molecule has 10 nitrogen and oxygen atoms in total. The van der Waals surface area contributed by atoms with E-state index in [1.165, 1.54) is 7.11 Å².